The lowest BCUT2D eigenvalue weighted by Gasteiger charge is -2.12. The highest BCUT2D eigenvalue weighted by atomic mass is 16.6. The molecular weight excluding hydrogens is 394 g/mol. The summed E-state index contributed by atoms with van der Waals surface area (Å²) in [5.74, 6) is 0.678. The molecule has 7 heteroatoms. The molecule has 2 N–H and O–H groups in total. The van der Waals surface area contributed by atoms with Gasteiger partial charge < -0.3 is 15.4 Å². The van der Waals surface area contributed by atoms with E-state index in [0.717, 1.165) is 5.56 Å². The normalized spacial score (nSPS) is 10.6. The second kappa shape index (κ2) is 9.75. The van der Waals surface area contributed by atoms with Crippen molar-refractivity contribution in [2.24, 2.45) is 0 Å². The maximum Gasteiger partial charge on any atom is 0.293 e. The lowest BCUT2D eigenvalue weighted by Crippen LogP contribution is -2.13. The monoisotopic (exact) mass is 419 g/mol. The molecule has 0 saturated heterocycles. The zero-order valence-corrected chi connectivity index (χ0v) is 17.7. The van der Waals surface area contributed by atoms with Crippen molar-refractivity contribution in [3.05, 3.63) is 93.5 Å². The van der Waals surface area contributed by atoms with Crippen LogP contribution in [0.15, 0.2) is 66.7 Å². The number of amides is 1. The van der Waals surface area contributed by atoms with Crippen LogP contribution in [0.4, 0.5) is 17.1 Å². The van der Waals surface area contributed by atoms with Gasteiger partial charge in [0.15, 0.2) is 0 Å². The first kappa shape index (κ1) is 21.8. The van der Waals surface area contributed by atoms with Crippen LogP contribution in [0, 0.1) is 10.1 Å². The molecule has 3 aromatic rings. The van der Waals surface area contributed by atoms with Crippen LogP contribution in [0.2, 0.25) is 0 Å². The molecule has 160 valence electrons. The van der Waals surface area contributed by atoms with Crippen molar-refractivity contribution < 1.29 is 14.5 Å². The number of carbonyl (C=O) groups is 1. The molecule has 0 radical (unpaired) electrons. The lowest BCUT2D eigenvalue weighted by atomic mass is 10.0. The highest BCUT2D eigenvalue weighted by Gasteiger charge is 2.18. The average molecular weight is 419 g/mol. The number of nitro groups is 1. The Bertz CT molecular complexity index is 1080. The third kappa shape index (κ3) is 5.39. The fourth-order valence-electron chi connectivity index (χ4n) is 3.17. The maximum absolute atomic E-state index is 12.6. The molecule has 0 aliphatic heterocycles. The van der Waals surface area contributed by atoms with Crippen molar-refractivity contribution >= 4 is 23.0 Å². The number of nitrogens with one attached hydrogen (secondary N) is 2. The van der Waals surface area contributed by atoms with E-state index in [9.17, 15) is 14.9 Å². The number of carbonyl (C=O) groups excluding carboxylic acids is 1. The van der Waals surface area contributed by atoms with Crippen molar-refractivity contribution in [2.45, 2.75) is 26.3 Å². The van der Waals surface area contributed by atoms with Crippen LogP contribution < -0.4 is 15.4 Å². The predicted octanol–water partition coefficient (Wildman–Crippen LogP) is 5.59. The minimum absolute atomic E-state index is 0.169. The highest BCUT2D eigenvalue weighted by molar-refractivity contribution is 6.05. The number of hydrogen-bond acceptors (Lipinski definition) is 5. The molecule has 7 nitrogen and oxygen atoms in total. The Kier molecular flexibility index (Phi) is 6.87. The number of nitro benzene ring substituents is 1. The maximum atomic E-state index is 12.6. The summed E-state index contributed by atoms with van der Waals surface area (Å²) in [6.45, 7) is 4.53. The Morgan fingerprint density at radius 1 is 1.06 bits per heavy atom. The molecule has 0 aliphatic carbocycles. The molecule has 0 saturated carbocycles. The van der Waals surface area contributed by atoms with Crippen LogP contribution in [0.25, 0.3) is 0 Å². The fraction of sp³-hybridized carbons (Fsp3) is 0.208. The number of methoxy groups -OCH3 is 1. The zero-order valence-electron chi connectivity index (χ0n) is 17.7. The number of rotatable bonds is 8. The van der Waals surface area contributed by atoms with Crippen LogP contribution in [0.3, 0.4) is 0 Å². The second-order valence-corrected chi connectivity index (χ2v) is 7.39. The number of benzene rings is 3. The van der Waals surface area contributed by atoms with E-state index in [1.807, 2.05) is 48.5 Å². The summed E-state index contributed by atoms with van der Waals surface area (Å²) in [4.78, 5) is 23.7. The summed E-state index contributed by atoms with van der Waals surface area (Å²) in [7, 11) is 1.57. The van der Waals surface area contributed by atoms with Gasteiger partial charge in [0.1, 0.15) is 11.4 Å². The molecule has 31 heavy (non-hydrogen) atoms. The van der Waals surface area contributed by atoms with E-state index in [1.165, 1.54) is 11.6 Å². The van der Waals surface area contributed by atoms with Gasteiger partial charge in [-0.3, -0.25) is 14.9 Å². The molecule has 0 atom stereocenters. The van der Waals surface area contributed by atoms with Gasteiger partial charge in [-0.25, -0.2) is 0 Å². The van der Waals surface area contributed by atoms with Gasteiger partial charge in [-0.1, -0.05) is 44.2 Å². The number of nitrogens with zero attached hydrogens (tertiary/aromatic N) is 1. The largest absolute Gasteiger partial charge is 0.496 e. The molecule has 3 aromatic carbocycles. The Morgan fingerprint density at radius 2 is 1.77 bits per heavy atom. The van der Waals surface area contributed by atoms with E-state index in [-0.39, 0.29) is 11.3 Å². The summed E-state index contributed by atoms with van der Waals surface area (Å²) >= 11 is 0. The molecule has 0 spiro atoms. The second-order valence-electron chi connectivity index (χ2n) is 7.39. The number of anilines is 2. The Labute approximate surface area is 181 Å². The minimum Gasteiger partial charge on any atom is -0.496 e. The predicted molar refractivity (Wildman–Crippen MR) is 122 cm³/mol. The lowest BCUT2D eigenvalue weighted by molar-refractivity contribution is -0.384. The summed E-state index contributed by atoms with van der Waals surface area (Å²) in [5, 5.41) is 17.4. The van der Waals surface area contributed by atoms with E-state index < -0.39 is 10.8 Å². The first-order chi connectivity index (χ1) is 14.9. The van der Waals surface area contributed by atoms with Gasteiger partial charge in [0.2, 0.25) is 0 Å². The van der Waals surface area contributed by atoms with Crippen molar-refractivity contribution in [1.29, 1.82) is 0 Å². The van der Waals surface area contributed by atoms with Crippen molar-refractivity contribution in [3.8, 4) is 5.75 Å². The van der Waals surface area contributed by atoms with Crippen LogP contribution >= 0.6 is 0 Å². The summed E-state index contributed by atoms with van der Waals surface area (Å²) in [6.07, 6.45) is 0. The molecular formula is C24H25N3O4. The number of hydrogen-bond donors (Lipinski definition) is 2. The van der Waals surface area contributed by atoms with Crippen LogP contribution in [0.1, 0.15) is 41.3 Å². The van der Waals surface area contributed by atoms with Crippen molar-refractivity contribution in [2.75, 3.05) is 17.7 Å². The first-order valence-corrected chi connectivity index (χ1v) is 9.94. The zero-order chi connectivity index (χ0) is 22.4. The number of ether oxygens (including phenoxy) is 1. The van der Waals surface area contributed by atoms with E-state index >= 15 is 0 Å². The summed E-state index contributed by atoms with van der Waals surface area (Å²) < 4.78 is 5.31. The summed E-state index contributed by atoms with van der Waals surface area (Å²) in [5.41, 5.74) is 3.04. The van der Waals surface area contributed by atoms with E-state index in [4.69, 9.17) is 4.74 Å². The topological polar surface area (TPSA) is 93.5 Å². The van der Waals surface area contributed by atoms with Gasteiger partial charge in [0, 0.05) is 29.4 Å². The van der Waals surface area contributed by atoms with E-state index in [0.29, 0.717) is 29.6 Å². The van der Waals surface area contributed by atoms with Crippen molar-refractivity contribution in [1.82, 2.24) is 0 Å². The Balaban J connectivity index is 1.76. The standard InChI is InChI=1S/C24H25N3O4/c1-16(2)17-8-11-20(12-9-17)26-24(28)18-10-13-21(22(14-18)27(29)30)25-15-19-6-4-5-7-23(19)31-3/h4-14,16,25H,15H2,1-3H3,(H,26,28). The molecule has 0 bridgehead atoms. The van der Waals surface area contributed by atoms with E-state index in [1.54, 1.807) is 19.2 Å². The van der Waals surface area contributed by atoms with Gasteiger partial charge in [0.05, 0.1) is 12.0 Å². The smallest absolute Gasteiger partial charge is 0.293 e. The molecule has 0 aliphatic rings. The van der Waals surface area contributed by atoms with Gasteiger partial charge in [-0.15, -0.1) is 0 Å². The van der Waals surface area contributed by atoms with Crippen LogP contribution in [0.5, 0.6) is 5.75 Å². The molecule has 3 rings (SSSR count). The molecule has 0 fully saturated rings. The van der Waals surface area contributed by atoms with Crippen LogP contribution in [-0.2, 0) is 6.54 Å². The first-order valence-electron chi connectivity index (χ1n) is 9.94. The molecule has 0 unspecified atom stereocenters. The third-order valence-corrected chi connectivity index (χ3v) is 4.95. The molecule has 0 heterocycles. The van der Waals surface area contributed by atoms with Crippen LogP contribution in [-0.4, -0.2) is 17.9 Å². The van der Waals surface area contributed by atoms with Gasteiger partial charge in [0.25, 0.3) is 11.6 Å². The quantitative estimate of drug-likeness (QED) is 0.367. The summed E-state index contributed by atoms with van der Waals surface area (Å²) in [6, 6.07) is 19.4. The van der Waals surface area contributed by atoms with Gasteiger partial charge in [-0.05, 0) is 41.8 Å². The van der Waals surface area contributed by atoms with Gasteiger partial charge >= 0.3 is 0 Å². The average Bonchev–Trinajstić information content (AvgIpc) is 2.78. The molecule has 1 amide bonds. The van der Waals surface area contributed by atoms with Gasteiger partial charge in [-0.2, -0.15) is 0 Å². The Morgan fingerprint density at radius 3 is 2.42 bits per heavy atom. The minimum atomic E-state index is -0.501. The van der Waals surface area contributed by atoms with E-state index in [2.05, 4.69) is 24.5 Å². The Hall–Kier alpha value is -3.87. The number of para-hydroxylation sites is 1. The molecule has 0 aromatic heterocycles. The SMILES string of the molecule is COc1ccccc1CNc1ccc(C(=O)Nc2ccc(C(C)C)cc2)cc1[N+](=O)[O-]. The third-order valence-electron chi connectivity index (χ3n) is 4.95. The van der Waals surface area contributed by atoms with Crippen molar-refractivity contribution in [3.63, 3.8) is 0 Å². The fourth-order valence-corrected chi connectivity index (χ4v) is 3.17. The highest BCUT2D eigenvalue weighted by Crippen LogP contribution is 2.28.